The van der Waals surface area contributed by atoms with Gasteiger partial charge in [0.15, 0.2) is 5.82 Å². The van der Waals surface area contributed by atoms with Crippen molar-refractivity contribution in [2.45, 2.75) is 6.92 Å². The van der Waals surface area contributed by atoms with Crippen LogP contribution in [0.3, 0.4) is 0 Å². The maximum absolute atomic E-state index is 5.49. The Labute approximate surface area is 135 Å². The van der Waals surface area contributed by atoms with Crippen LogP contribution in [0.5, 0.6) is 0 Å². The number of ether oxygens (including phenoxy) is 1. The molecule has 23 heavy (non-hydrogen) atoms. The SMILES string of the molecule is Cc1ccc2nc(-c3ccccc3)nc(N3CCOCC3)c2c1. The zero-order chi connectivity index (χ0) is 15.6. The molecule has 0 aliphatic carbocycles. The van der Waals surface area contributed by atoms with Crippen molar-refractivity contribution >= 4 is 16.7 Å². The minimum atomic E-state index is 0.748. The lowest BCUT2D eigenvalue weighted by atomic mass is 10.1. The highest BCUT2D eigenvalue weighted by Crippen LogP contribution is 2.28. The fraction of sp³-hybridized carbons (Fsp3) is 0.263. The molecule has 0 bridgehead atoms. The van der Waals surface area contributed by atoms with Gasteiger partial charge in [-0.1, -0.05) is 42.0 Å². The average Bonchev–Trinajstić information content (AvgIpc) is 2.62. The van der Waals surface area contributed by atoms with Crippen LogP contribution in [-0.4, -0.2) is 36.3 Å². The van der Waals surface area contributed by atoms with Gasteiger partial charge in [0.1, 0.15) is 5.82 Å². The number of fused-ring (bicyclic) bond motifs is 1. The molecular weight excluding hydrogens is 286 g/mol. The Morgan fingerprint density at radius 1 is 0.957 bits per heavy atom. The summed E-state index contributed by atoms with van der Waals surface area (Å²) in [5.74, 6) is 1.80. The van der Waals surface area contributed by atoms with Gasteiger partial charge in [0, 0.05) is 24.0 Å². The molecule has 0 N–H and O–H groups in total. The molecule has 4 nitrogen and oxygen atoms in total. The van der Waals surface area contributed by atoms with Gasteiger partial charge in [-0.3, -0.25) is 0 Å². The minimum absolute atomic E-state index is 0.748. The van der Waals surface area contributed by atoms with Crippen molar-refractivity contribution in [1.29, 1.82) is 0 Å². The van der Waals surface area contributed by atoms with Gasteiger partial charge in [-0.05, 0) is 19.1 Å². The summed E-state index contributed by atoms with van der Waals surface area (Å²) in [4.78, 5) is 12.0. The van der Waals surface area contributed by atoms with Gasteiger partial charge in [-0.15, -0.1) is 0 Å². The molecule has 1 aromatic heterocycles. The van der Waals surface area contributed by atoms with Crippen LogP contribution < -0.4 is 4.90 Å². The zero-order valence-corrected chi connectivity index (χ0v) is 13.2. The van der Waals surface area contributed by atoms with Gasteiger partial charge >= 0.3 is 0 Å². The van der Waals surface area contributed by atoms with E-state index >= 15 is 0 Å². The number of anilines is 1. The first-order valence-electron chi connectivity index (χ1n) is 7.98. The van der Waals surface area contributed by atoms with Crippen molar-refractivity contribution in [3.63, 3.8) is 0 Å². The fourth-order valence-corrected chi connectivity index (χ4v) is 2.96. The molecule has 0 amide bonds. The Morgan fingerprint density at radius 3 is 2.52 bits per heavy atom. The Morgan fingerprint density at radius 2 is 1.74 bits per heavy atom. The highest BCUT2D eigenvalue weighted by molar-refractivity contribution is 5.91. The van der Waals surface area contributed by atoms with E-state index in [1.54, 1.807) is 0 Å². The van der Waals surface area contributed by atoms with Crippen molar-refractivity contribution < 1.29 is 4.74 Å². The lowest BCUT2D eigenvalue weighted by Gasteiger charge is -2.29. The van der Waals surface area contributed by atoms with Crippen LogP contribution in [-0.2, 0) is 4.74 Å². The molecule has 2 heterocycles. The van der Waals surface area contributed by atoms with Crippen LogP contribution in [0, 0.1) is 6.92 Å². The number of nitrogens with zero attached hydrogens (tertiary/aromatic N) is 3. The van der Waals surface area contributed by atoms with Crippen LogP contribution in [0.4, 0.5) is 5.82 Å². The molecule has 0 saturated carbocycles. The second-order valence-corrected chi connectivity index (χ2v) is 5.86. The van der Waals surface area contributed by atoms with Crippen LogP contribution in [0.2, 0.25) is 0 Å². The van der Waals surface area contributed by atoms with Crippen LogP contribution >= 0.6 is 0 Å². The van der Waals surface area contributed by atoms with E-state index < -0.39 is 0 Å². The molecule has 4 heteroatoms. The van der Waals surface area contributed by atoms with E-state index in [2.05, 4.69) is 42.2 Å². The predicted octanol–water partition coefficient (Wildman–Crippen LogP) is 3.44. The molecule has 0 unspecified atom stereocenters. The molecule has 1 aliphatic rings. The second kappa shape index (κ2) is 5.97. The summed E-state index contributed by atoms with van der Waals surface area (Å²) in [7, 11) is 0. The highest BCUT2D eigenvalue weighted by atomic mass is 16.5. The van der Waals surface area contributed by atoms with E-state index in [1.807, 2.05) is 18.2 Å². The Balaban J connectivity index is 1.91. The third-order valence-corrected chi connectivity index (χ3v) is 4.17. The number of aryl methyl sites for hydroxylation is 1. The van der Waals surface area contributed by atoms with Crippen molar-refractivity contribution in [2.75, 3.05) is 31.2 Å². The monoisotopic (exact) mass is 305 g/mol. The summed E-state index contributed by atoms with van der Waals surface area (Å²) in [5, 5.41) is 1.12. The van der Waals surface area contributed by atoms with Gasteiger partial charge in [0.05, 0.1) is 18.7 Å². The van der Waals surface area contributed by atoms with Crippen molar-refractivity contribution in [3.8, 4) is 11.4 Å². The molecule has 2 aromatic carbocycles. The van der Waals surface area contributed by atoms with Crippen LogP contribution in [0.1, 0.15) is 5.56 Å². The Hall–Kier alpha value is -2.46. The van der Waals surface area contributed by atoms with Crippen LogP contribution in [0.15, 0.2) is 48.5 Å². The number of benzene rings is 2. The first-order chi connectivity index (χ1) is 11.3. The lowest BCUT2D eigenvalue weighted by molar-refractivity contribution is 0.122. The topological polar surface area (TPSA) is 38.2 Å². The summed E-state index contributed by atoms with van der Waals surface area (Å²) in [5.41, 5.74) is 3.26. The molecule has 4 rings (SSSR count). The highest BCUT2D eigenvalue weighted by Gasteiger charge is 2.18. The smallest absolute Gasteiger partial charge is 0.162 e. The van der Waals surface area contributed by atoms with Crippen molar-refractivity contribution in [3.05, 3.63) is 54.1 Å². The Bertz CT molecular complexity index is 827. The summed E-state index contributed by atoms with van der Waals surface area (Å²) in [6.45, 7) is 5.34. The fourth-order valence-electron chi connectivity index (χ4n) is 2.96. The molecule has 0 radical (unpaired) electrons. The normalized spacial score (nSPS) is 15.1. The largest absolute Gasteiger partial charge is 0.378 e. The molecule has 1 saturated heterocycles. The third-order valence-electron chi connectivity index (χ3n) is 4.17. The van der Waals surface area contributed by atoms with E-state index in [4.69, 9.17) is 14.7 Å². The van der Waals surface area contributed by atoms with Crippen molar-refractivity contribution in [2.24, 2.45) is 0 Å². The lowest BCUT2D eigenvalue weighted by Crippen LogP contribution is -2.37. The number of hydrogen-bond donors (Lipinski definition) is 0. The quantitative estimate of drug-likeness (QED) is 0.727. The molecule has 0 spiro atoms. The van der Waals surface area contributed by atoms with Crippen LogP contribution in [0.25, 0.3) is 22.3 Å². The first-order valence-corrected chi connectivity index (χ1v) is 7.98. The van der Waals surface area contributed by atoms with E-state index in [9.17, 15) is 0 Å². The number of aromatic nitrogens is 2. The standard InChI is InChI=1S/C19H19N3O/c1-14-7-8-17-16(13-14)19(22-9-11-23-12-10-22)21-18(20-17)15-5-3-2-4-6-15/h2-8,13H,9-12H2,1H3. The zero-order valence-electron chi connectivity index (χ0n) is 13.2. The molecule has 1 aliphatic heterocycles. The van der Waals surface area contributed by atoms with E-state index in [1.165, 1.54) is 5.56 Å². The number of morpholine rings is 1. The van der Waals surface area contributed by atoms with E-state index in [0.29, 0.717) is 0 Å². The summed E-state index contributed by atoms with van der Waals surface area (Å²) < 4.78 is 5.49. The maximum atomic E-state index is 5.49. The number of hydrogen-bond acceptors (Lipinski definition) is 4. The third kappa shape index (κ3) is 2.78. The number of rotatable bonds is 2. The summed E-state index contributed by atoms with van der Waals surface area (Å²) in [6.07, 6.45) is 0. The molecular formula is C19H19N3O. The predicted molar refractivity (Wildman–Crippen MR) is 92.7 cm³/mol. The first kappa shape index (κ1) is 14.2. The van der Waals surface area contributed by atoms with Crippen molar-refractivity contribution in [1.82, 2.24) is 9.97 Å². The van der Waals surface area contributed by atoms with Gasteiger partial charge < -0.3 is 9.64 Å². The van der Waals surface area contributed by atoms with Gasteiger partial charge in [-0.25, -0.2) is 9.97 Å². The molecule has 3 aromatic rings. The average molecular weight is 305 g/mol. The summed E-state index contributed by atoms with van der Waals surface area (Å²) in [6, 6.07) is 16.5. The molecule has 1 fully saturated rings. The second-order valence-electron chi connectivity index (χ2n) is 5.86. The van der Waals surface area contributed by atoms with Gasteiger partial charge in [0.25, 0.3) is 0 Å². The summed E-state index contributed by atoms with van der Waals surface area (Å²) >= 11 is 0. The van der Waals surface area contributed by atoms with Gasteiger partial charge in [-0.2, -0.15) is 0 Å². The maximum Gasteiger partial charge on any atom is 0.162 e. The van der Waals surface area contributed by atoms with E-state index in [-0.39, 0.29) is 0 Å². The molecule has 0 atom stereocenters. The minimum Gasteiger partial charge on any atom is -0.378 e. The molecule has 116 valence electrons. The Kier molecular flexibility index (Phi) is 3.67. The van der Waals surface area contributed by atoms with E-state index in [0.717, 1.165) is 54.4 Å². The van der Waals surface area contributed by atoms with Gasteiger partial charge in [0.2, 0.25) is 0 Å².